The summed E-state index contributed by atoms with van der Waals surface area (Å²) in [4.78, 5) is 4.92. The van der Waals surface area contributed by atoms with Crippen LogP contribution in [0.3, 0.4) is 0 Å². The van der Waals surface area contributed by atoms with E-state index in [1.165, 1.54) is 36.4 Å². The zero-order valence-corrected chi connectivity index (χ0v) is 15.7. The maximum Gasteiger partial charge on any atom is 0.0934 e. The zero-order valence-electron chi connectivity index (χ0n) is 14.9. The lowest BCUT2D eigenvalue weighted by atomic mass is 9.77. The van der Waals surface area contributed by atoms with E-state index in [-0.39, 0.29) is 5.41 Å². The standard InChI is InChI=1S/C18H34N2S/c1-7-10-11-18(8-2,14-19-9-3)12-16-20-15(13-21-16)17(4,5)6/h13,19H,7-12,14H2,1-6H3. The number of aromatic nitrogens is 1. The quantitative estimate of drug-likeness (QED) is 0.680. The molecular weight excluding hydrogens is 276 g/mol. The van der Waals surface area contributed by atoms with Crippen molar-refractivity contribution in [3.63, 3.8) is 0 Å². The van der Waals surface area contributed by atoms with Gasteiger partial charge in [-0.2, -0.15) is 0 Å². The molecule has 122 valence electrons. The Bertz CT molecular complexity index is 396. The number of nitrogens with one attached hydrogen (secondary N) is 1. The fraction of sp³-hybridized carbons (Fsp3) is 0.833. The van der Waals surface area contributed by atoms with Gasteiger partial charge >= 0.3 is 0 Å². The van der Waals surface area contributed by atoms with Gasteiger partial charge in [0.05, 0.1) is 10.7 Å². The Hall–Kier alpha value is -0.410. The zero-order chi connectivity index (χ0) is 15.9. The maximum atomic E-state index is 4.92. The lowest BCUT2D eigenvalue weighted by Gasteiger charge is -2.32. The van der Waals surface area contributed by atoms with Crippen LogP contribution in [-0.2, 0) is 11.8 Å². The van der Waals surface area contributed by atoms with Crippen LogP contribution in [-0.4, -0.2) is 18.1 Å². The van der Waals surface area contributed by atoms with Crippen LogP contribution in [0.4, 0.5) is 0 Å². The molecule has 1 aromatic rings. The number of thiazole rings is 1. The van der Waals surface area contributed by atoms with Gasteiger partial charge in [0.2, 0.25) is 0 Å². The molecule has 0 aliphatic rings. The first-order chi connectivity index (χ1) is 9.87. The molecule has 0 aliphatic carbocycles. The Balaban J connectivity index is 2.86. The molecule has 1 unspecified atom stereocenters. The van der Waals surface area contributed by atoms with Crippen molar-refractivity contribution in [1.82, 2.24) is 10.3 Å². The van der Waals surface area contributed by atoms with Crippen molar-refractivity contribution in [1.29, 1.82) is 0 Å². The first kappa shape index (κ1) is 18.6. The Labute approximate surface area is 135 Å². The van der Waals surface area contributed by atoms with E-state index < -0.39 is 0 Å². The average molecular weight is 311 g/mol. The number of hydrogen-bond donors (Lipinski definition) is 1. The fourth-order valence-corrected chi connectivity index (χ4v) is 3.86. The molecule has 0 spiro atoms. The topological polar surface area (TPSA) is 24.9 Å². The third-order valence-corrected chi connectivity index (χ3v) is 5.26. The highest BCUT2D eigenvalue weighted by atomic mass is 32.1. The largest absolute Gasteiger partial charge is 0.316 e. The molecule has 1 atom stereocenters. The third kappa shape index (κ3) is 5.71. The Kier molecular flexibility index (Phi) is 7.35. The van der Waals surface area contributed by atoms with Crippen molar-refractivity contribution in [2.24, 2.45) is 5.41 Å². The van der Waals surface area contributed by atoms with E-state index in [1.54, 1.807) is 0 Å². The van der Waals surface area contributed by atoms with Gasteiger partial charge in [0.15, 0.2) is 0 Å². The van der Waals surface area contributed by atoms with E-state index in [2.05, 4.69) is 52.2 Å². The second-order valence-corrected chi connectivity index (χ2v) is 8.23. The lowest BCUT2D eigenvalue weighted by molar-refractivity contribution is 0.230. The molecule has 0 bridgehead atoms. The molecule has 21 heavy (non-hydrogen) atoms. The number of unbranched alkanes of at least 4 members (excludes halogenated alkanes) is 1. The van der Waals surface area contributed by atoms with Crippen molar-refractivity contribution < 1.29 is 0 Å². The molecule has 0 saturated heterocycles. The molecule has 0 aromatic carbocycles. The van der Waals surface area contributed by atoms with Crippen molar-refractivity contribution in [2.45, 2.75) is 79.1 Å². The number of nitrogens with zero attached hydrogens (tertiary/aromatic N) is 1. The summed E-state index contributed by atoms with van der Waals surface area (Å²) in [5.74, 6) is 0. The van der Waals surface area contributed by atoms with Crippen LogP contribution in [0.25, 0.3) is 0 Å². The third-order valence-electron chi connectivity index (χ3n) is 4.41. The number of hydrogen-bond acceptors (Lipinski definition) is 3. The molecule has 3 heteroatoms. The summed E-state index contributed by atoms with van der Waals surface area (Å²) in [6.07, 6.45) is 6.24. The van der Waals surface area contributed by atoms with Gasteiger partial charge in [0.25, 0.3) is 0 Å². The van der Waals surface area contributed by atoms with Crippen LogP contribution in [0, 0.1) is 5.41 Å². The van der Waals surface area contributed by atoms with Crippen LogP contribution < -0.4 is 5.32 Å². The summed E-state index contributed by atoms with van der Waals surface area (Å²) in [6.45, 7) is 15.7. The predicted molar refractivity (Wildman–Crippen MR) is 95.3 cm³/mol. The van der Waals surface area contributed by atoms with Crippen LogP contribution in [0.5, 0.6) is 0 Å². The first-order valence-electron chi connectivity index (χ1n) is 8.52. The first-order valence-corrected chi connectivity index (χ1v) is 9.40. The molecule has 0 amide bonds. The van der Waals surface area contributed by atoms with E-state index in [1.807, 2.05) is 11.3 Å². The van der Waals surface area contributed by atoms with E-state index in [0.29, 0.717) is 5.41 Å². The monoisotopic (exact) mass is 310 g/mol. The summed E-state index contributed by atoms with van der Waals surface area (Å²) in [5.41, 5.74) is 1.78. The van der Waals surface area contributed by atoms with Gasteiger partial charge < -0.3 is 5.32 Å². The van der Waals surface area contributed by atoms with Gasteiger partial charge in [0, 0.05) is 23.8 Å². The minimum atomic E-state index is 0.161. The van der Waals surface area contributed by atoms with Crippen molar-refractivity contribution in [2.75, 3.05) is 13.1 Å². The molecule has 0 saturated carbocycles. The average Bonchev–Trinajstić information content (AvgIpc) is 2.90. The maximum absolute atomic E-state index is 4.92. The molecular formula is C18H34N2S. The SMILES string of the molecule is CCCCC(CC)(CNCC)Cc1nc(C(C)(C)C)cs1. The summed E-state index contributed by atoms with van der Waals surface area (Å²) in [7, 11) is 0. The molecule has 1 rings (SSSR count). The van der Waals surface area contributed by atoms with E-state index in [9.17, 15) is 0 Å². The molecule has 2 nitrogen and oxygen atoms in total. The van der Waals surface area contributed by atoms with E-state index in [4.69, 9.17) is 4.98 Å². The van der Waals surface area contributed by atoms with Gasteiger partial charge in [0.1, 0.15) is 0 Å². The number of rotatable bonds is 9. The van der Waals surface area contributed by atoms with Crippen molar-refractivity contribution in [3.05, 3.63) is 16.1 Å². The van der Waals surface area contributed by atoms with Crippen molar-refractivity contribution >= 4 is 11.3 Å². The molecule has 1 N–H and O–H groups in total. The minimum Gasteiger partial charge on any atom is -0.316 e. The Morgan fingerprint density at radius 1 is 1.19 bits per heavy atom. The molecule has 1 heterocycles. The molecule has 0 fully saturated rings. The highest BCUT2D eigenvalue weighted by molar-refractivity contribution is 7.09. The smallest absolute Gasteiger partial charge is 0.0934 e. The Morgan fingerprint density at radius 2 is 1.90 bits per heavy atom. The minimum absolute atomic E-state index is 0.161. The lowest BCUT2D eigenvalue weighted by Crippen LogP contribution is -2.36. The second-order valence-electron chi connectivity index (χ2n) is 7.29. The summed E-state index contributed by atoms with van der Waals surface area (Å²) >= 11 is 1.85. The van der Waals surface area contributed by atoms with Gasteiger partial charge in [-0.1, -0.05) is 54.4 Å². The summed E-state index contributed by atoms with van der Waals surface area (Å²) in [6, 6.07) is 0. The summed E-state index contributed by atoms with van der Waals surface area (Å²) in [5, 5.41) is 7.15. The van der Waals surface area contributed by atoms with Crippen LogP contribution in [0.2, 0.25) is 0 Å². The Morgan fingerprint density at radius 3 is 2.38 bits per heavy atom. The highest BCUT2D eigenvalue weighted by Crippen LogP contribution is 2.34. The van der Waals surface area contributed by atoms with Gasteiger partial charge in [-0.15, -0.1) is 11.3 Å². The van der Waals surface area contributed by atoms with Crippen LogP contribution in [0.1, 0.15) is 77.9 Å². The predicted octanol–water partition coefficient (Wildman–Crippen LogP) is 5.18. The van der Waals surface area contributed by atoms with Gasteiger partial charge in [-0.05, 0) is 24.8 Å². The van der Waals surface area contributed by atoms with Crippen LogP contribution >= 0.6 is 11.3 Å². The van der Waals surface area contributed by atoms with E-state index in [0.717, 1.165) is 19.5 Å². The van der Waals surface area contributed by atoms with Gasteiger partial charge in [-0.3, -0.25) is 0 Å². The molecule has 0 aliphatic heterocycles. The second kappa shape index (κ2) is 8.28. The summed E-state index contributed by atoms with van der Waals surface area (Å²) < 4.78 is 0. The van der Waals surface area contributed by atoms with Crippen LogP contribution in [0.15, 0.2) is 5.38 Å². The highest BCUT2D eigenvalue weighted by Gasteiger charge is 2.29. The van der Waals surface area contributed by atoms with Gasteiger partial charge in [-0.25, -0.2) is 4.98 Å². The molecule has 0 radical (unpaired) electrons. The molecule has 1 aromatic heterocycles. The normalized spacial score (nSPS) is 15.1. The van der Waals surface area contributed by atoms with E-state index >= 15 is 0 Å². The van der Waals surface area contributed by atoms with Crippen molar-refractivity contribution in [3.8, 4) is 0 Å². The fourth-order valence-electron chi connectivity index (χ4n) is 2.67.